The smallest absolute Gasteiger partial charge is 0.265 e. The Balaban J connectivity index is 1.78. The van der Waals surface area contributed by atoms with Crippen LogP contribution in [0.5, 0.6) is 11.5 Å². The minimum atomic E-state index is -0.721. The van der Waals surface area contributed by atoms with Gasteiger partial charge in [-0.3, -0.25) is 9.59 Å². The summed E-state index contributed by atoms with van der Waals surface area (Å²) in [5.41, 5.74) is 3.39. The molecule has 0 radical (unpaired) electrons. The number of benzene rings is 3. The minimum absolute atomic E-state index is 0.0351. The molecule has 0 aliphatic heterocycles. The number of amides is 2. The van der Waals surface area contributed by atoms with Crippen molar-refractivity contribution in [2.45, 2.75) is 84.7 Å². The van der Waals surface area contributed by atoms with Gasteiger partial charge >= 0.3 is 0 Å². The minimum Gasteiger partial charge on any atom is -0.506 e. The van der Waals surface area contributed by atoms with Crippen molar-refractivity contribution in [1.82, 2.24) is 0 Å². The van der Waals surface area contributed by atoms with Crippen molar-refractivity contribution in [1.29, 1.82) is 0 Å². The standard InChI is InChI=1S/C33H42N2O4/c1-8-28(39-29-19-16-23(32(4,5)9-2)20-25(29)33(6,7)10-3)31(38)34-24-17-18-26(27(36)21-24)35-30(37)22-14-12-11-13-15-22/h11-21,28,36H,8-10H2,1-7H3,(H,34,38)(H,35,37). The molecule has 0 heterocycles. The third-order valence-corrected chi connectivity index (χ3v) is 7.74. The zero-order valence-electron chi connectivity index (χ0n) is 24.2. The van der Waals surface area contributed by atoms with Crippen LogP contribution in [0.4, 0.5) is 11.4 Å². The molecule has 0 aromatic heterocycles. The van der Waals surface area contributed by atoms with E-state index in [-0.39, 0.29) is 34.1 Å². The van der Waals surface area contributed by atoms with Crippen LogP contribution in [-0.4, -0.2) is 23.0 Å². The molecule has 0 fully saturated rings. The second kappa shape index (κ2) is 12.4. The number of nitrogens with one attached hydrogen (secondary N) is 2. The van der Waals surface area contributed by atoms with Crippen molar-refractivity contribution in [3.63, 3.8) is 0 Å². The lowest BCUT2D eigenvalue weighted by molar-refractivity contribution is -0.122. The number of phenolic OH excluding ortho intramolecular Hbond substituents is 1. The van der Waals surface area contributed by atoms with Crippen LogP contribution in [-0.2, 0) is 15.6 Å². The Kier molecular flexibility index (Phi) is 9.44. The van der Waals surface area contributed by atoms with Gasteiger partial charge in [-0.2, -0.15) is 0 Å². The quantitative estimate of drug-likeness (QED) is 0.221. The number of phenols is 1. The number of rotatable bonds is 11. The van der Waals surface area contributed by atoms with Crippen LogP contribution in [0.2, 0.25) is 0 Å². The Morgan fingerprint density at radius 2 is 1.51 bits per heavy atom. The zero-order chi connectivity index (χ0) is 28.8. The first-order chi connectivity index (χ1) is 18.4. The zero-order valence-corrected chi connectivity index (χ0v) is 24.2. The molecule has 0 saturated carbocycles. The molecule has 3 rings (SSSR count). The molecule has 6 heteroatoms. The molecule has 0 bridgehead atoms. The van der Waals surface area contributed by atoms with E-state index in [9.17, 15) is 14.7 Å². The maximum atomic E-state index is 13.2. The highest BCUT2D eigenvalue weighted by Crippen LogP contribution is 2.39. The van der Waals surface area contributed by atoms with Crippen LogP contribution >= 0.6 is 0 Å². The fourth-order valence-corrected chi connectivity index (χ4v) is 4.17. The maximum Gasteiger partial charge on any atom is 0.265 e. The molecule has 0 saturated heterocycles. The summed E-state index contributed by atoms with van der Waals surface area (Å²) >= 11 is 0. The van der Waals surface area contributed by atoms with E-state index in [1.54, 1.807) is 36.4 Å². The summed E-state index contributed by atoms with van der Waals surface area (Å²) in [7, 11) is 0. The first kappa shape index (κ1) is 29.8. The predicted molar refractivity (Wildman–Crippen MR) is 159 cm³/mol. The Hall–Kier alpha value is -3.80. The topological polar surface area (TPSA) is 87.7 Å². The second-order valence-electron chi connectivity index (χ2n) is 11.2. The van der Waals surface area contributed by atoms with Gasteiger partial charge in [-0.25, -0.2) is 0 Å². The number of carbonyl (C=O) groups excluding carboxylic acids is 2. The van der Waals surface area contributed by atoms with E-state index in [1.165, 1.54) is 11.6 Å². The molecule has 3 N–H and O–H groups in total. The summed E-state index contributed by atoms with van der Waals surface area (Å²) < 4.78 is 6.34. The molecule has 208 valence electrons. The first-order valence-electron chi connectivity index (χ1n) is 13.7. The highest BCUT2D eigenvalue weighted by Gasteiger charge is 2.29. The third-order valence-electron chi connectivity index (χ3n) is 7.74. The van der Waals surface area contributed by atoms with Gasteiger partial charge in [0.1, 0.15) is 11.5 Å². The lowest BCUT2D eigenvalue weighted by Crippen LogP contribution is -2.33. The van der Waals surface area contributed by atoms with Gasteiger partial charge in [-0.1, -0.05) is 78.8 Å². The number of hydrogen-bond donors (Lipinski definition) is 3. The van der Waals surface area contributed by atoms with Crippen molar-refractivity contribution < 1.29 is 19.4 Å². The average molecular weight is 531 g/mol. The summed E-state index contributed by atoms with van der Waals surface area (Å²) in [5.74, 6) is -0.0778. The van der Waals surface area contributed by atoms with E-state index in [0.29, 0.717) is 23.4 Å². The van der Waals surface area contributed by atoms with E-state index >= 15 is 0 Å². The molecule has 39 heavy (non-hydrogen) atoms. The Bertz CT molecular complexity index is 1300. The summed E-state index contributed by atoms with van der Waals surface area (Å²) in [4.78, 5) is 25.7. The van der Waals surface area contributed by atoms with Crippen molar-refractivity contribution >= 4 is 23.2 Å². The normalized spacial score (nSPS) is 12.5. The van der Waals surface area contributed by atoms with Crippen LogP contribution in [0.1, 0.15) is 89.2 Å². The van der Waals surface area contributed by atoms with Crippen LogP contribution in [0.3, 0.4) is 0 Å². The molecule has 1 atom stereocenters. The fraction of sp³-hybridized carbons (Fsp3) is 0.394. The van der Waals surface area contributed by atoms with Crippen molar-refractivity contribution in [3.05, 3.63) is 83.4 Å². The highest BCUT2D eigenvalue weighted by molar-refractivity contribution is 6.05. The van der Waals surface area contributed by atoms with Crippen molar-refractivity contribution in [3.8, 4) is 11.5 Å². The van der Waals surface area contributed by atoms with Gasteiger partial charge in [-0.15, -0.1) is 0 Å². The number of anilines is 2. The van der Waals surface area contributed by atoms with Crippen LogP contribution in [0.15, 0.2) is 66.7 Å². The van der Waals surface area contributed by atoms with Crippen molar-refractivity contribution in [2.75, 3.05) is 10.6 Å². The molecule has 0 aliphatic rings. The lowest BCUT2D eigenvalue weighted by atomic mass is 9.76. The van der Waals surface area contributed by atoms with Gasteiger partial charge in [0, 0.05) is 22.9 Å². The Morgan fingerprint density at radius 3 is 2.10 bits per heavy atom. The Labute approximate surface area is 232 Å². The van der Waals surface area contributed by atoms with Crippen LogP contribution < -0.4 is 15.4 Å². The summed E-state index contributed by atoms with van der Waals surface area (Å²) in [6.07, 6.45) is 1.69. The molecular weight excluding hydrogens is 488 g/mol. The van der Waals surface area contributed by atoms with Crippen molar-refractivity contribution in [2.24, 2.45) is 0 Å². The SMILES string of the molecule is CCC(Oc1ccc(C(C)(C)CC)cc1C(C)(C)CC)C(=O)Nc1ccc(NC(=O)c2ccccc2)c(O)c1. The summed E-state index contributed by atoms with van der Waals surface area (Å²) in [6.45, 7) is 15.1. The molecule has 2 amide bonds. The van der Waals surface area contributed by atoms with E-state index in [1.807, 2.05) is 19.1 Å². The van der Waals surface area contributed by atoms with Gasteiger partial charge < -0.3 is 20.5 Å². The monoisotopic (exact) mass is 530 g/mol. The molecule has 3 aromatic carbocycles. The second-order valence-corrected chi connectivity index (χ2v) is 11.2. The average Bonchev–Trinajstić information content (AvgIpc) is 2.93. The molecule has 0 aliphatic carbocycles. The van der Waals surface area contributed by atoms with Crippen LogP contribution in [0.25, 0.3) is 0 Å². The van der Waals surface area contributed by atoms with E-state index in [0.717, 1.165) is 18.4 Å². The molecular formula is C33H42N2O4. The molecule has 1 unspecified atom stereocenters. The molecule has 3 aromatic rings. The number of ether oxygens (including phenoxy) is 1. The maximum absolute atomic E-state index is 13.2. The summed E-state index contributed by atoms with van der Waals surface area (Å²) in [6, 6.07) is 19.7. The van der Waals surface area contributed by atoms with E-state index in [4.69, 9.17) is 4.74 Å². The highest BCUT2D eigenvalue weighted by atomic mass is 16.5. The first-order valence-corrected chi connectivity index (χ1v) is 13.7. The fourth-order valence-electron chi connectivity index (χ4n) is 4.17. The van der Waals surface area contributed by atoms with Gasteiger partial charge in [-0.05, 0) is 66.0 Å². The third kappa shape index (κ3) is 7.20. The van der Waals surface area contributed by atoms with Crippen LogP contribution in [0, 0.1) is 0 Å². The van der Waals surface area contributed by atoms with Gasteiger partial charge in [0.05, 0.1) is 5.69 Å². The number of carbonyl (C=O) groups is 2. The van der Waals surface area contributed by atoms with E-state index in [2.05, 4.69) is 64.3 Å². The lowest BCUT2D eigenvalue weighted by Gasteiger charge is -2.31. The Morgan fingerprint density at radius 1 is 0.846 bits per heavy atom. The summed E-state index contributed by atoms with van der Waals surface area (Å²) in [5, 5.41) is 16.0. The van der Waals surface area contributed by atoms with Gasteiger partial charge in [0.25, 0.3) is 11.8 Å². The van der Waals surface area contributed by atoms with E-state index < -0.39 is 6.10 Å². The largest absolute Gasteiger partial charge is 0.506 e. The molecule has 6 nitrogen and oxygen atoms in total. The predicted octanol–water partition coefficient (Wildman–Crippen LogP) is 7.82. The van der Waals surface area contributed by atoms with Gasteiger partial charge in [0.2, 0.25) is 0 Å². The molecule has 0 spiro atoms. The number of hydrogen-bond acceptors (Lipinski definition) is 4. The number of aromatic hydroxyl groups is 1. The van der Waals surface area contributed by atoms with Gasteiger partial charge in [0.15, 0.2) is 6.10 Å².